The fourth-order valence-corrected chi connectivity index (χ4v) is 5.47. The lowest BCUT2D eigenvalue weighted by Gasteiger charge is -2.38. The van der Waals surface area contributed by atoms with E-state index < -0.39 is 0 Å². The van der Waals surface area contributed by atoms with Crippen LogP contribution in [0.1, 0.15) is 41.7 Å². The van der Waals surface area contributed by atoms with Crippen molar-refractivity contribution in [2.24, 2.45) is 5.92 Å². The zero-order valence-electron chi connectivity index (χ0n) is 19.1. The fourth-order valence-electron chi connectivity index (χ4n) is 5.47. The number of rotatable bonds is 3. The Hall–Kier alpha value is -2.86. The summed E-state index contributed by atoms with van der Waals surface area (Å²) < 4.78 is 0. The van der Waals surface area contributed by atoms with Crippen LogP contribution in [0.15, 0.2) is 78.9 Å². The van der Waals surface area contributed by atoms with Gasteiger partial charge in [0.1, 0.15) is 0 Å². The Balaban J connectivity index is 2.14. The van der Waals surface area contributed by atoms with Gasteiger partial charge in [0, 0.05) is 5.41 Å². The largest absolute Gasteiger partial charge is 0.0805 e. The molecule has 4 rings (SSSR count). The molecule has 30 heavy (non-hydrogen) atoms. The zero-order chi connectivity index (χ0) is 21.5. The van der Waals surface area contributed by atoms with E-state index in [4.69, 9.17) is 0 Å². The monoisotopic (exact) mass is 392 g/mol. The van der Waals surface area contributed by atoms with Crippen molar-refractivity contribution in [3.8, 4) is 22.3 Å². The minimum atomic E-state index is -0.0302. The summed E-state index contributed by atoms with van der Waals surface area (Å²) in [6.45, 7) is 13.9. The zero-order valence-corrected chi connectivity index (χ0v) is 19.1. The van der Waals surface area contributed by atoms with Crippen LogP contribution in [-0.4, -0.2) is 0 Å². The lowest BCUT2D eigenvalue weighted by Crippen LogP contribution is -2.31. The first-order valence-corrected chi connectivity index (χ1v) is 11.0. The van der Waals surface area contributed by atoms with E-state index in [9.17, 15) is 0 Å². The number of hydrogen-bond acceptors (Lipinski definition) is 0. The molecule has 3 aromatic rings. The Bertz CT molecular complexity index is 1140. The van der Waals surface area contributed by atoms with Gasteiger partial charge in [0.15, 0.2) is 0 Å². The van der Waals surface area contributed by atoms with Gasteiger partial charge in [-0.1, -0.05) is 92.7 Å². The molecular formula is C30H32. The van der Waals surface area contributed by atoms with Gasteiger partial charge in [-0.15, -0.1) is 0 Å². The van der Waals surface area contributed by atoms with E-state index in [1.165, 1.54) is 50.1 Å². The second-order valence-corrected chi connectivity index (χ2v) is 9.00. The summed E-state index contributed by atoms with van der Waals surface area (Å²) in [7, 11) is 0. The molecule has 0 bridgehead atoms. The van der Waals surface area contributed by atoms with Crippen LogP contribution in [0, 0.1) is 33.6 Å². The topological polar surface area (TPSA) is 0 Å². The lowest BCUT2D eigenvalue weighted by atomic mass is 9.65. The van der Waals surface area contributed by atoms with Gasteiger partial charge in [0.2, 0.25) is 0 Å². The molecule has 0 heterocycles. The van der Waals surface area contributed by atoms with Gasteiger partial charge in [-0.2, -0.15) is 0 Å². The molecule has 0 heteroatoms. The molecule has 0 nitrogen and oxygen atoms in total. The van der Waals surface area contributed by atoms with Crippen molar-refractivity contribution < 1.29 is 0 Å². The molecule has 0 saturated heterocycles. The summed E-state index contributed by atoms with van der Waals surface area (Å²) in [4.78, 5) is 0. The molecule has 3 aromatic carbocycles. The van der Waals surface area contributed by atoms with Crippen LogP contribution in [0.25, 0.3) is 22.3 Å². The molecule has 0 saturated carbocycles. The molecule has 1 aliphatic rings. The molecule has 2 unspecified atom stereocenters. The molecule has 0 fully saturated rings. The highest BCUT2D eigenvalue weighted by Gasteiger charge is 2.35. The van der Waals surface area contributed by atoms with E-state index in [0.717, 1.165) is 0 Å². The fraction of sp³-hybridized carbons (Fsp3) is 0.267. The number of aryl methyl sites for hydroxylation is 1. The minimum Gasteiger partial charge on any atom is -0.0805 e. The van der Waals surface area contributed by atoms with Gasteiger partial charge in [-0.25, -0.2) is 0 Å². The van der Waals surface area contributed by atoms with Gasteiger partial charge < -0.3 is 0 Å². The highest BCUT2D eigenvalue weighted by molar-refractivity contribution is 5.86. The van der Waals surface area contributed by atoms with Crippen LogP contribution in [0.5, 0.6) is 0 Å². The summed E-state index contributed by atoms with van der Waals surface area (Å²) in [5.41, 5.74) is 12.4. The normalized spacial score (nSPS) is 20.5. The predicted octanol–water partition coefficient (Wildman–Crippen LogP) is 8.27. The van der Waals surface area contributed by atoms with Gasteiger partial charge in [-0.05, 0) is 83.7 Å². The van der Waals surface area contributed by atoms with E-state index in [2.05, 4.69) is 120 Å². The quantitative estimate of drug-likeness (QED) is 0.421. The number of hydrogen-bond donors (Lipinski definition) is 0. The van der Waals surface area contributed by atoms with Crippen molar-refractivity contribution in [3.63, 3.8) is 0 Å². The molecule has 0 aliphatic heterocycles. The molecule has 0 amide bonds. The third kappa shape index (κ3) is 3.16. The van der Waals surface area contributed by atoms with Crippen LogP contribution >= 0.6 is 0 Å². The van der Waals surface area contributed by atoms with Gasteiger partial charge in [0.25, 0.3) is 0 Å². The SMILES string of the molecule is Cc1ccccc1-c1c(C)c(-c2ccccc2)c(C)c(C2(C)C=CC=CC2C)c1C. The molecule has 2 atom stereocenters. The summed E-state index contributed by atoms with van der Waals surface area (Å²) in [5.74, 6) is 0.441. The molecule has 0 spiro atoms. The first kappa shape index (κ1) is 20.4. The van der Waals surface area contributed by atoms with Crippen molar-refractivity contribution in [2.45, 2.75) is 47.0 Å². The number of benzene rings is 3. The van der Waals surface area contributed by atoms with Crippen LogP contribution < -0.4 is 0 Å². The van der Waals surface area contributed by atoms with E-state index in [0.29, 0.717) is 5.92 Å². The second-order valence-electron chi connectivity index (χ2n) is 9.00. The van der Waals surface area contributed by atoms with Crippen molar-refractivity contribution in [1.29, 1.82) is 0 Å². The Morgan fingerprint density at radius 1 is 0.700 bits per heavy atom. The maximum atomic E-state index is 2.40. The minimum absolute atomic E-state index is 0.0302. The van der Waals surface area contributed by atoms with Crippen molar-refractivity contribution in [1.82, 2.24) is 0 Å². The molecule has 0 aromatic heterocycles. The highest BCUT2D eigenvalue weighted by Crippen LogP contribution is 2.48. The Labute approximate surface area is 182 Å². The maximum absolute atomic E-state index is 2.40. The van der Waals surface area contributed by atoms with Crippen molar-refractivity contribution >= 4 is 0 Å². The Morgan fingerprint density at radius 2 is 1.33 bits per heavy atom. The van der Waals surface area contributed by atoms with E-state index in [1.54, 1.807) is 0 Å². The first-order chi connectivity index (χ1) is 14.4. The smallest absolute Gasteiger partial charge is 0.0172 e. The average molecular weight is 393 g/mol. The second kappa shape index (κ2) is 7.76. The van der Waals surface area contributed by atoms with Crippen molar-refractivity contribution in [3.05, 3.63) is 107 Å². The summed E-state index contributed by atoms with van der Waals surface area (Å²) in [6, 6.07) is 19.7. The summed E-state index contributed by atoms with van der Waals surface area (Å²) in [6.07, 6.45) is 9.15. The molecular weight excluding hydrogens is 360 g/mol. The van der Waals surface area contributed by atoms with Gasteiger partial charge >= 0.3 is 0 Å². The molecule has 0 N–H and O–H groups in total. The van der Waals surface area contributed by atoms with Gasteiger partial charge in [-0.3, -0.25) is 0 Å². The van der Waals surface area contributed by atoms with Crippen LogP contribution in [0.2, 0.25) is 0 Å². The number of allylic oxidation sites excluding steroid dienone is 4. The first-order valence-electron chi connectivity index (χ1n) is 11.0. The Morgan fingerprint density at radius 3 is 2.00 bits per heavy atom. The third-order valence-electron chi connectivity index (χ3n) is 7.16. The van der Waals surface area contributed by atoms with E-state index in [-0.39, 0.29) is 5.41 Å². The molecule has 0 radical (unpaired) electrons. The average Bonchev–Trinajstić information content (AvgIpc) is 2.72. The standard InChI is InChI=1S/C30H32/c1-20-14-10-11-18-26(20)28-22(3)27(25-16-8-7-9-17-25)23(4)29(24(28)5)30(6)19-13-12-15-21(30)2/h7-19,21H,1-6H3. The van der Waals surface area contributed by atoms with Crippen LogP contribution in [-0.2, 0) is 5.41 Å². The van der Waals surface area contributed by atoms with E-state index in [1.807, 2.05) is 0 Å². The Kier molecular flexibility index (Phi) is 5.28. The lowest BCUT2D eigenvalue weighted by molar-refractivity contribution is 0.453. The third-order valence-corrected chi connectivity index (χ3v) is 7.16. The highest BCUT2D eigenvalue weighted by atomic mass is 14.4. The van der Waals surface area contributed by atoms with Crippen LogP contribution in [0.3, 0.4) is 0 Å². The van der Waals surface area contributed by atoms with Gasteiger partial charge in [0.05, 0.1) is 0 Å². The van der Waals surface area contributed by atoms with Crippen molar-refractivity contribution in [2.75, 3.05) is 0 Å². The molecule has 152 valence electrons. The molecule has 1 aliphatic carbocycles. The summed E-state index contributed by atoms with van der Waals surface area (Å²) >= 11 is 0. The van der Waals surface area contributed by atoms with E-state index >= 15 is 0 Å². The van der Waals surface area contributed by atoms with Crippen LogP contribution in [0.4, 0.5) is 0 Å². The maximum Gasteiger partial charge on any atom is 0.0172 e. The predicted molar refractivity (Wildman–Crippen MR) is 131 cm³/mol. The summed E-state index contributed by atoms with van der Waals surface area (Å²) in [5, 5.41) is 0.